The van der Waals surface area contributed by atoms with Crippen molar-refractivity contribution in [2.75, 3.05) is 11.5 Å². The zero-order valence-corrected chi connectivity index (χ0v) is 17.4. The number of carbonyl (C=O) groups is 2. The number of hydrogen-bond acceptors (Lipinski definition) is 3. The Balaban J connectivity index is 1.77. The molecule has 1 heterocycles. The highest BCUT2D eigenvalue weighted by atomic mass is 16.5. The Morgan fingerprint density at radius 2 is 1.87 bits per heavy atom. The first-order valence-electron chi connectivity index (χ1n) is 10.6. The molecule has 2 aromatic carbocycles. The summed E-state index contributed by atoms with van der Waals surface area (Å²) in [5.74, 6) is 0.781. The summed E-state index contributed by atoms with van der Waals surface area (Å²) in [6.07, 6.45) is 4.93. The van der Waals surface area contributed by atoms with Gasteiger partial charge in [0.2, 0.25) is 5.91 Å². The quantitative estimate of drug-likeness (QED) is 0.614. The van der Waals surface area contributed by atoms with Crippen molar-refractivity contribution < 1.29 is 14.3 Å². The third-order valence-corrected chi connectivity index (χ3v) is 5.94. The van der Waals surface area contributed by atoms with E-state index in [1.54, 1.807) is 6.08 Å². The van der Waals surface area contributed by atoms with Crippen LogP contribution in [0.1, 0.15) is 49.7 Å². The first kappa shape index (κ1) is 20.1. The normalized spacial score (nSPS) is 19.0. The summed E-state index contributed by atoms with van der Waals surface area (Å²) in [7, 11) is 0. The standard InChI is InChI=1S/C26H27NO3/c1-3-16-30-20-14-12-19(13-15-20)21-17-25(29)27(22-9-6-5-8-18(22)4-2)23-10-7-11-24(28)26(21)23/h3,5-6,8-9,12-15,21H,1,4,7,10-11,16-17H2,2H3. The van der Waals surface area contributed by atoms with E-state index >= 15 is 0 Å². The van der Waals surface area contributed by atoms with Crippen molar-refractivity contribution in [2.45, 2.75) is 44.9 Å². The molecule has 1 amide bonds. The minimum Gasteiger partial charge on any atom is -0.490 e. The summed E-state index contributed by atoms with van der Waals surface area (Å²) >= 11 is 0. The Bertz CT molecular complexity index is 1000. The molecule has 0 radical (unpaired) electrons. The van der Waals surface area contributed by atoms with Crippen LogP contribution in [0.4, 0.5) is 5.69 Å². The highest BCUT2D eigenvalue weighted by molar-refractivity contribution is 6.07. The molecule has 1 atom stereocenters. The zero-order chi connectivity index (χ0) is 21.1. The van der Waals surface area contributed by atoms with E-state index in [1.807, 2.05) is 47.4 Å². The number of rotatable bonds is 6. The minimum absolute atomic E-state index is 0.0568. The molecule has 30 heavy (non-hydrogen) atoms. The Morgan fingerprint density at radius 1 is 1.10 bits per heavy atom. The monoisotopic (exact) mass is 401 g/mol. The number of ketones is 1. The van der Waals surface area contributed by atoms with Crippen LogP contribution in [-0.4, -0.2) is 18.3 Å². The van der Waals surface area contributed by atoms with Crippen molar-refractivity contribution in [2.24, 2.45) is 0 Å². The number of ether oxygens (including phenoxy) is 1. The van der Waals surface area contributed by atoms with Gasteiger partial charge in [-0.1, -0.05) is 49.9 Å². The van der Waals surface area contributed by atoms with E-state index in [1.165, 1.54) is 0 Å². The van der Waals surface area contributed by atoms with Crippen molar-refractivity contribution in [1.29, 1.82) is 0 Å². The molecular weight excluding hydrogens is 374 g/mol. The van der Waals surface area contributed by atoms with Crippen molar-refractivity contribution in [3.8, 4) is 5.75 Å². The van der Waals surface area contributed by atoms with Gasteiger partial charge in [0.15, 0.2) is 5.78 Å². The van der Waals surface area contributed by atoms with Gasteiger partial charge < -0.3 is 4.74 Å². The highest BCUT2D eigenvalue weighted by Gasteiger charge is 2.40. The molecule has 0 saturated heterocycles. The van der Waals surface area contributed by atoms with Crippen LogP contribution in [-0.2, 0) is 16.0 Å². The van der Waals surface area contributed by atoms with Gasteiger partial charge in [0.05, 0.1) is 5.69 Å². The topological polar surface area (TPSA) is 46.6 Å². The van der Waals surface area contributed by atoms with Gasteiger partial charge in [0.25, 0.3) is 0 Å². The number of para-hydroxylation sites is 1. The smallest absolute Gasteiger partial charge is 0.232 e. The maximum Gasteiger partial charge on any atom is 0.232 e. The van der Waals surface area contributed by atoms with Gasteiger partial charge in [0.1, 0.15) is 12.4 Å². The van der Waals surface area contributed by atoms with Gasteiger partial charge in [0, 0.05) is 30.0 Å². The van der Waals surface area contributed by atoms with Crippen molar-refractivity contribution >= 4 is 17.4 Å². The van der Waals surface area contributed by atoms with Crippen LogP contribution >= 0.6 is 0 Å². The number of anilines is 1. The summed E-state index contributed by atoms with van der Waals surface area (Å²) in [4.78, 5) is 28.2. The van der Waals surface area contributed by atoms with E-state index < -0.39 is 0 Å². The molecule has 0 fully saturated rings. The van der Waals surface area contributed by atoms with E-state index in [0.29, 0.717) is 19.4 Å². The molecule has 0 spiro atoms. The van der Waals surface area contributed by atoms with Crippen LogP contribution in [0.25, 0.3) is 0 Å². The first-order valence-corrected chi connectivity index (χ1v) is 10.6. The third kappa shape index (κ3) is 3.70. The molecule has 0 aromatic heterocycles. The SMILES string of the molecule is C=CCOc1ccc(C2CC(=O)N(c3ccccc3CC)C3=C2C(=O)CCC3)cc1. The maximum absolute atomic E-state index is 13.4. The Kier molecular flexibility index (Phi) is 5.84. The molecule has 2 aromatic rings. The number of benzene rings is 2. The highest BCUT2D eigenvalue weighted by Crippen LogP contribution is 2.44. The lowest BCUT2D eigenvalue weighted by Gasteiger charge is -2.39. The molecule has 4 heteroatoms. The number of Topliss-reactive ketones (excluding diaryl/α,β-unsaturated/α-hetero) is 1. The second-order valence-corrected chi connectivity index (χ2v) is 7.77. The van der Waals surface area contributed by atoms with E-state index in [4.69, 9.17) is 4.74 Å². The molecule has 1 aliphatic heterocycles. The molecule has 4 nitrogen and oxygen atoms in total. The van der Waals surface area contributed by atoms with Crippen LogP contribution < -0.4 is 9.64 Å². The number of amides is 1. The largest absolute Gasteiger partial charge is 0.490 e. The van der Waals surface area contributed by atoms with Crippen LogP contribution in [0.5, 0.6) is 5.75 Å². The number of allylic oxidation sites excluding steroid dienone is 2. The van der Waals surface area contributed by atoms with Crippen molar-refractivity contribution in [3.63, 3.8) is 0 Å². The predicted octanol–water partition coefficient (Wildman–Crippen LogP) is 5.34. The molecule has 0 bridgehead atoms. The van der Waals surface area contributed by atoms with Gasteiger partial charge in [-0.2, -0.15) is 0 Å². The van der Waals surface area contributed by atoms with Gasteiger partial charge in [-0.15, -0.1) is 0 Å². The van der Waals surface area contributed by atoms with Crippen molar-refractivity contribution in [1.82, 2.24) is 0 Å². The third-order valence-electron chi connectivity index (χ3n) is 5.94. The first-order chi connectivity index (χ1) is 14.6. The maximum atomic E-state index is 13.4. The lowest BCUT2D eigenvalue weighted by atomic mass is 9.77. The summed E-state index contributed by atoms with van der Waals surface area (Å²) < 4.78 is 5.57. The average molecular weight is 402 g/mol. The zero-order valence-electron chi connectivity index (χ0n) is 17.4. The summed E-state index contributed by atoms with van der Waals surface area (Å²) in [5, 5.41) is 0. The Labute approximate surface area is 177 Å². The van der Waals surface area contributed by atoms with Crippen LogP contribution in [0.2, 0.25) is 0 Å². The molecule has 154 valence electrons. The van der Waals surface area contributed by atoms with E-state index in [0.717, 1.165) is 53.1 Å². The van der Waals surface area contributed by atoms with Crippen LogP contribution in [0.3, 0.4) is 0 Å². The average Bonchev–Trinajstić information content (AvgIpc) is 2.77. The molecular formula is C26H27NO3. The summed E-state index contributed by atoms with van der Waals surface area (Å²) in [6, 6.07) is 15.7. The molecule has 0 saturated carbocycles. The summed E-state index contributed by atoms with van der Waals surface area (Å²) in [6.45, 7) is 6.20. The molecule has 4 rings (SSSR count). The number of aryl methyl sites for hydroxylation is 1. The van der Waals surface area contributed by atoms with Gasteiger partial charge in [-0.3, -0.25) is 14.5 Å². The van der Waals surface area contributed by atoms with E-state index in [2.05, 4.69) is 19.6 Å². The van der Waals surface area contributed by atoms with Gasteiger partial charge >= 0.3 is 0 Å². The lowest BCUT2D eigenvalue weighted by molar-refractivity contribution is -0.119. The predicted molar refractivity (Wildman–Crippen MR) is 119 cm³/mol. The van der Waals surface area contributed by atoms with Gasteiger partial charge in [-0.05, 0) is 48.6 Å². The summed E-state index contributed by atoms with van der Waals surface area (Å²) in [5.41, 5.74) is 4.73. The second kappa shape index (κ2) is 8.70. The molecule has 1 unspecified atom stereocenters. The van der Waals surface area contributed by atoms with E-state index in [-0.39, 0.29) is 17.6 Å². The minimum atomic E-state index is -0.196. The molecule has 1 aliphatic carbocycles. The fraction of sp³-hybridized carbons (Fsp3) is 0.308. The molecule has 0 N–H and O–H groups in total. The van der Waals surface area contributed by atoms with Crippen LogP contribution in [0, 0.1) is 0 Å². The lowest BCUT2D eigenvalue weighted by Crippen LogP contribution is -2.41. The number of carbonyl (C=O) groups excluding carboxylic acids is 2. The van der Waals surface area contributed by atoms with E-state index in [9.17, 15) is 9.59 Å². The van der Waals surface area contributed by atoms with Crippen LogP contribution in [0.15, 0.2) is 72.5 Å². The van der Waals surface area contributed by atoms with Gasteiger partial charge in [-0.25, -0.2) is 0 Å². The second-order valence-electron chi connectivity index (χ2n) is 7.77. The Morgan fingerprint density at radius 3 is 2.60 bits per heavy atom. The Hall–Kier alpha value is -3.14. The molecule has 2 aliphatic rings. The number of nitrogens with zero attached hydrogens (tertiary/aromatic N) is 1. The fourth-order valence-electron chi connectivity index (χ4n) is 4.54. The number of hydrogen-bond donors (Lipinski definition) is 0. The van der Waals surface area contributed by atoms with Crippen molar-refractivity contribution in [3.05, 3.63) is 83.6 Å². The fourth-order valence-corrected chi connectivity index (χ4v) is 4.54.